The van der Waals surface area contributed by atoms with Crippen LogP contribution in [0.1, 0.15) is 12.4 Å². The maximum Gasteiger partial charge on any atom is 0.133 e. The molecule has 0 spiro atoms. The number of hydrogen-bond donors (Lipinski definition) is 0. The van der Waals surface area contributed by atoms with Gasteiger partial charge in [-0.2, -0.15) is 0 Å². The molecule has 0 fully saturated rings. The quantitative estimate of drug-likeness (QED) is 0.624. The second-order valence-electron chi connectivity index (χ2n) is 4.22. The Labute approximate surface area is 125 Å². The van der Waals surface area contributed by atoms with Crippen molar-refractivity contribution in [2.75, 3.05) is 0 Å². The molecule has 0 atom stereocenters. The lowest BCUT2D eigenvalue weighted by Gasteiger charge is -1.98. The fraction of sp³-hybridized carbons (Fsp3) is 0.0556. The zero-order valence-corrected chi connectivity index (χ0v) is 10.6. The van der Waals surface area contributed by atoms with Crippen LogP contribution in [0.3, 0.4) is 0 Å². The molecule has 2 heterocycles. The van der Waals surface area contributed by atoms with E-state index in [9.17, 15) is 0 Å². The molecule has 0 unspecified atom stereocenters. The van der Waals surface area contributed by atoms with E-state index in [2.05, 4.69) is 4.98 Å². The minimum absolute atomic E-state index is 0.196. The van der Waals surface area contributed by atoms with Gasteiger partial charge in [-0.15, -0.1) is 0 Å². The summed E-state index contributed by atoms with van der Waals surface area (Å²) in [6, 6.07) is 14.1. The molecule has 2 heteroatoms. The molecule has 0 aliphatic carbocycles. The first-order valence-electron chi connectivity index (χ1n) is 8.65. The molecule has 98 valence electrons. The highest BCUT2D eigenvalue weighted by Crippen LogP contribution is 2.17. The van der Waals surface area contributed by atoms with E-state index in [0.29, 0.717) is 11.1 Å². The molecule has 0 bridgehead atoms. The van der Waals surface area contributed by atoms with Crippen molar-refractivity contribution < 1.29 is 11.3 Å². The maximum atomic E-state index is 8.13. The third kappa shape index (κ3) is 2.69. The highest BCUT2D eigenvalue weighted by atomic mass is 16.3. The summed E-state index contributed by atoms with van der Waals surface area (Å²) in [6.45, 7) is -2.47. The summed E-state index contributed by atoms with van der Waals surface area (Å²) in [5.41, 5.74) is 1.09. The topological polar surface area (TPSA) is 26.0 Å². The van der Waals surface area contributed by atoms with E-state index < -0.39 is 6.85 Å². The molecule has 0 saturated heterocycles. The van der Waals surface area contributed by atoms with E-state index in [0.717, 1.165) is 11.6 Å². The lowest BCUT2D eigenvalue weighted by molar-refractivity contribution is 0.608. The second-order valence-corrected chi connectivity index (χ2v) is 4.22. The molecule has 2 nitrogen and oxygen atoms in total. The van der Waals surface area contributed by atoms with Crippen LogP contribution in [0.5, 0.6) is 0 Å². The van der Waals surface area contributed by atoms with Crippen molar-refractivity contribution in [1.29, 1.82) is 0 Å². The highest BCUT2D eigenvalue weighted by molar-refractivity contribution is 5.75. The molecule has 20 heavy (non-hydrogen) atoms. The molecular weight excluding hydrogens is 246 g/mol. The van der Waals surface area contributed by atoms with Crippen molar-refractivity contribution in [2.24, 2.45) is 0 Å². The zero-order chi connectivity index (χ0) is 18.0. The van der Waals surface area contributed by atoms with Gasteiger partial charge in [-0.05, 0) is 30.6 Å². The van der Waals surface area contributed by atoms with Crippen LogP contribution >= 0.6 is 0 Å². The number of hydrogen-bond acceptors (Lipinski definition) is 2. The van der Waals surface area contributed by atoms with Gasteiger partial charge in [-0.3, -0.25) is 4.98 Å². The fourth-order valence-corrected chi connectivity index (χ4v) is 1.81. The Kier molecular flexibility index (Phi) is 2.19. The molecule has 0 radical (unpaired) electrons. The molecule has 0 amide bonds. The molecule has 0 N–H and O–H groups in total. The molecule has 0 aliphatic rings. The summed E-state index contributed by atoms with van der Waals surface area (Å²) in [7, 11) is 0. The minimum atomic E-state index is -2.47. The number of rotatable bonds is 1. The number of aryl methyl sites for hydroxylation is 1. The number of benzene rings is 1. The number of aromatic nitrogens is 1. The minimum Gasteiger partial charge on any atom is -0.464 e. The van der Waals surface area contributed by atoms with Crippen LogP contribution in [0.15, 0.2) is 77.5 Å². The first-order chi connectivity index (χ1) is 11.9. The van der Waals surface area contributed by atoms with Gasteiger partial charge >= 0.3 is 0 Å². The van der Waals surface area contributed by atoms with Gasteiger partial charge in [-0.1, -0.05) is 42.4 Å². The van der Waals surface area contributed by atoms with Crippen LogP contribution in [0.4, 0.5) is 0 Å². The van der Waals surface area contributed by atoms with Gasteiger partial charge in [0.05, 0.1) is 8.44 Å². The molecule has 3 aromatic rings. The largest absolute Gasteiger partial charge is 0.464 e. The number of fused-ring (bicyclic) bond motifs is 1. The van der Waals surface area contributed by atoms with E-state index >= 15 is 0 Å². The Hall–Kier alpha value is -2.61. The predicted molar refractivity (Wildman–Crippen MR) is 81.8 cm³/mol. The smallest absolute Gasteiger partial charge is 0.133 e. The van der Waals surface area contributed by atoms with Gasteiger partial charge in [0, 0.05) is 21.3 Å². The van der Waals surface area contributed by atoms with Gasteiger partial charge in [0.2, 0.25) is 0 Å². The summed E-state index contributed by atoms with van der Waals surface area (Å²) in [5, 5.41) is 0.905. The van der Waals surface area contributed by atoms with Crippen molar-refractivity contribution in [3.05, 3.63) is 78.6 Å². The van der Waals surface area contributed by atoms with Crippen LogP contribution in [0, 0.1) is 6.85 Å². The predicted octanol–water partition coefficient (Wildman–Crippen LogP) is 4.93. The van der Waals surface area contributed by atoms with Gasteiger partial charge < -0.3 is 4.42 Å². The van der Waals surface area contributed by atoms with Crippen molar-refractivity contribution in [1.82, 2.24) is 4.98 Å². The second kappa shape index (κ2) is 5.57. The summed E-state index contributed by atoms with van der Waals surface area (Å²) in [4.78, 5) is 4.10. The number of para-hydroxylation sites is 1. The Morgan fingerprint density at radius 2 is 1.85 bits per heavy atom. The molecule has 2 aromatic heterocycles. The summed E-state index contributed by atoms with van der Waals surface area (Å²) < 4.78 is 44.1. The van der Waals surface area contributed by atoms with Crippen LogP contribution < -0.4 is 0 Å². The Balaban J connectivity index is 2.21. The summed E-state index contributed by atoms with van der Waals surface area (Å²) in [5.74, 6) is 0. The van der Waals surface area contributed by atoms with E-state index in [1.165, 1.54) is 6.26 Å². The van der Waals surface area contributed by atoms with Crippen molar-refractivity contribution in [3.63, 3.8) is 0 Å². The van der Waals surface area contributed by atoms with Gasteiger partial charge in [0.25, 0.3) is 0 Å². The SMILES string of the molecule is [2H]c1c(C([2H])([2H])[2H])cnc(-c2ccccc3ccccc3oc2)c1[2H]. The number of pyridine rings is 1. The van der Waals surface area contributed by atoms with Crippen LogP contribution in [-0.4, -0.2) is 4.98 Å². The Morgan fingerprint density at radius 3 is 2.70 bits per heavy atom. The maximum absolute atomic E-state index is 8.13. The molecular formula is C18H15NO. The molecule has 0 aliphatic heterocycles. The third-order valence-electron chi connectivity index (χ3n) is 2.81. The van der Waals surface area contributed by atoms with E-state index in [4.69, 9.17) is 11.3 Å². The van der Waals surface area contributed by atoms with Crippen molar-refractivity contribution in [3.8, 4) is 11.3 Å². The normalized spacial score (nSPS) is 14.5. The standard InChI is InChI=1S/C18H15NO/c1-14-10-11-17(19-12-14)16-8-3-2-6-15-7-4-5-9-18(15)20-13-16/h2-13H,1H3/i1D3,10D,11D. The lowest BCUT2D eigenvalue weighted by Crippen LogP contribution is -1.82. The van der Waals surface area contributed by atoms with E-state index in [1.54, 1.807) is 12.1 Å². The van der Waals surface area contributed by atoms with Gasteiger partial charge in [0.1, 0.15) is 11.8 Å². The highest BCUT2D eigenvalue weighted by Gasteiger charge is 1.97. The monoisotopic (exact) mass is 266 g/mol. The number of nitrogens with zero attached hydrogens (tertiary/aromatic N) is 1. The van der Waals surface area contributed by atoms with Crippen LogP contribution in [0.2, 0.25) is 0 Å². The third-order valence-corrected chi connectivity index (χ3v) is 2.81. The van der Waals surface area contributed by atoms with Gasteiger partial charge in [-0.25, -0.2) is 0 Å². The van der Waals surface area contributed by atoms with E-state index in [1.807, 2.05) is 36.4 Å². The van der Waals surface area contributed by atoms with Crippen LogP contribution in [-0.2, 0) is 0 Å². The van der Waals surface area contributed by atoms with Crippen molar-refractivity contribution in [2.45, 2.75) is 6.85 Å². The Bertz CT molecular complexity index is 977. The molecule has 1 aromatic carbocycles. The zero-order valence-electron chi connectivity index (χ0n) is 15.6. The lowest BCUT2D eigenvalue weighted by atomic mass is 10.2. The molecule has 0 saturated carbocycles. The van der Waals surface area contributed by atoms with E-state index in [-0.39, 0.29) is 23.3 Å². The average Bonchev–Trinajstić information content (AvgIpc) is 2.66. The summed E-state index contributed by atoms with van der Waals surface area (Å²) >= 11 is 0. The Morgan fingerprint density at radius 1 is 1.05 bits per heavy atom. The average molecular weight is 266 g/mol. The van der Waals surface area contributed by atoms with Crippen molar-refractivity contribution >= 4 is 11.0 Å². The molecule has 3 rings (SSSR count). The van der Waals surface area contributed by atoms with Gasteiger partial charge in [0.15, 0.2) is 0 Å². The first kappa shape index (κ1) is 7.85. The summed E-state index contributed by atoms with van der Waals surface area (Å²) in [6.07, 6.45) is 2.59. The first-order valence-corrected chi connectivity index (χ1v) is 6.15. The fourth-order valence-electron chi connectivity index (χ4n) is 1.81. The van der Waals surface area contributed by atoms with Crippen LogP contribution in [0.25, 0.3) is 22.2 Å².